The molecule has 2 nitrogen and oxygen atoms in total. The molecule has 0 N–H and O–H groups in total. The molecule has 0 aliphatic heterocycles. The lowest BCUT2D eigenvalue weighted by Crippen LogP contribution is -2.08. The number of aromatic nitrogens is 1. The normalized spacial score (nSPS) is 11.1. The fourth-order valence-corrected chi connectivity index (χ4v) is 1.74. The van der Waals surface area contributed by atoms with Gasteiger partial charge in [-0.3, -0.25) is 4.98 Å². The predicted octanol–water partition coefficient (Wildman–Crippen LogP) is 3.42. The van der Waals surface area contributed by atoms with Gasteiger partial charge in [0.2, 0.25) is 0 Å². The van der Waals surface area contributed by atoms with Gasteiger partial charge in [0, 0.05) is 19.5 Å². The Morgan fingerprint density at radius 2 is 1.88 bits per heavy atom. The number of nitrogens with zero attached hydrogens (tertiary/aromatic N) is 2. The van der Waals surface area contributed by atoms with Crippen LogP contribution >= 0.6 is 0 Å². The van der Waals surface area contributed by atoms with Gasteiger partial charge in [-0.25, -0.2) is 0 Å². The van der Waals surface area contributed by atoms with Crippen molar-refractivity contribution in [2.24, 2.45) is 0 Å². The summed E-state index contributed by atoms with van der Waals surface area (Å²) < 4.78 is 0. The third kappa shape index (κ3) is 2.01. The van der Waals surface area contributed by atoms with Crippen molar-refractivity contribution in [3.05, 3.63) is 36.0 Å². The summed E-state index contributed by atoms with van der Waals surface area (Å²) in [6, 6.07) is 8.69. The van der Waals surface area contributed by atoms with E-state index >= 15 is 0 Å². The van der Waals surface area contributed by atoms with Crippen LogP contribution in [0, 0.1) is 0 Å². The van der Waals surface area contributed by atoms with Crippen molar-refractivity contribution in [1.29, 1.82) is 0 Å². The van der Waals surface area contributed by atoms with Crippen molar-refractivity contribution in [3.63, 3.8) is 0 Å². The van der Waals surface area contributed by atoms with E-state index in [9.17, 15) is 0 Å². The first-order valence-corrected chi connectivity index (χ1v) is 5.65. The highest BCUT2D eigenvalue weighted by molar-refractivity contribution is 5.82. The van der Waals surface area contributed by atoms with Crippen LogP contribution in [0.5, 0.6) is 0 Å². The zero-order chi connectivity index (χ0) is 11.7. The molecule has 0 atom stereocenters. The summed E-state index contributed by atoms with van der Waals surface area (Å²) in [5.41, 5.74) is 3.58. The van der Waals surface area contributed by atoms with Crippen molar-refractivity contribution in [3.8, 4) is 0 Å². The Labute approximate surface area is 96.9 Å². The van der Waals surface area contributed by atoms with E-state index in [1.807, 2.05) is 20.3 Å². The Bertz CT molecular complexity index is 458. The lowest BCUT2D eigenvalue weighted by atomic mass is 10.0. The lowest BCUT2D eigenvalue weighted by Gasteiger charge is -2.13. The monoisotopic (exact) mass is 214 g/mol. The van der Waals surface area contributed by atoms with Crippen LogP contribution in [0.2, 0.25) is 0 Å². The summed E-state index contributed by atoms with van der Waals surface area (Å²) in [7, 11) is 4.07. The van der Waals surface area contributed by atoms with Gasteiger partial charge >= 0.3 is 0 Å². The zero-order valence-electron chi connectivity index (χ0n) is 10.4. The molecule has 1 heterocycles. The predicted molar refractivity (Wildman–Crippen MR) is 70.2 cm³/mol. The molecule has 0 saturated carbocycles. The Hall–Kier alpha value is -1.57. The maximum Gasteiger partial charge on any atom is 0.0703 e. The molecular weight excluding hydrogens is 196 g/mol. The molecule has 84 valence electrons. The molecule has 2 aromatic rings. The molecule has 1 aromatic carbocycles. The summed E-state index contributed by atoms with van der Waals surface area (Å²) in [6.45, 7) is 4.43. The standard InChI is InChI=1S/C14H18N2/c1-10(2)11-5-6-14-12(7-11)8-13(9-15-14)16(3)4/h5-10H,1-4H3. The summed E-state index contributed by atoms with van der Waals surface area (Å²) in [5, 5.41) is 1.22. The van der Waals surface area contributed by atoms with Gasteiger partial charge in [0.1, 0.15) is 0 Å². The van der Waals surface area contributed by atoms with Gasteiger partial charge in [-0.2, -0.15) is 0 Å². The highest BCUT2D eigenvalue weighted by atomic mass is 15.1. The maximum atomic E-state index is 4.46. The van der Waals surface area contributed by atoms with Gasteiger partial charge in [0.15, 0.2) is 0 Å². The second kappa shape index (κ2) is 4.12. The minimum atomic E-state index is 0.562. The average Bonchev–Trinajstić information content (AvgIpc) is 2.27. The highest BCUT2D eigenvalue weighted by Gasteiger charge is 2.03. The second-order valence-corrected chi connectivity index (χ2v) is 4.69. The minimum absolute atomic E-state index is 0.562. The van der Waals surface area contributed by atoms with Gasteiger partial charge in [0.25, 0.3) is 0 Å². The molecule has 1 aromatic heterocycles. The highest BCUT2D eigenvalue weighted by Crippen LogP contribution is 2.23. The van der Waals surface area contributed by atoms with Gasteiger partial charge in [-0.15, -0.1) is 0 Å². The number of rotatable bonds is 2. The molecule has 16 heavy (non-hydrogen) atoms. The van der Waals surface area contributed by atoms with Crippen molar-refractivity contribution in [2.75, 3.05) is 19.0 Å². The van der Waals surface area contributed by atoms with Gasteiger partial charge < -0.3 is 4.90 Å². The SMILES string of the molecule is CC(C)c1ccc2ncc(N(C)C)cc2c1. The average molecular weight is 214 g/mol. The third-order valence-corrected chi connectivity index (χ3v) is 2.87. The summed E-state index contributed by atoms with van der Waals surface area (Å²) in [4.78, 5) is 6.54. The molecule has 0 unspecified atom stereocenters. The molecular formula is C14H18N2. The Morgan fingerprint density at radius 1 is 1.12 bits per heavy atom. The van der Waals surface area contributed by atoms with E-state index in [2.05, 4.69) is 48.0 Å². The van der Waals surface area contributed by atoms with E-state index < -0.39 is 0 Å². The number of anilines is 1. The molecule has 0 bridgehead atoms. The first-order valence-electron chi connectivity index (χ1n) is 5.65. The lowest BCUT2D eigenvalue weighted by molar-refractivity contribution is 0.868. The van der Waals surface area contributed by atoms with Gasteiger partial charge in [-0.05, 0) is 29.7 Å². The van der Waals surface area contributed by atoms with E-state index in [4.69, 9.17) is 0 Å². The Kier molecular flexibility index (Phi) is 2.82. The number of hydrogen-bond donors (Lipinski definition) is 0. The molecule has 0 spiro atoms. The van der Waals surface area contributed by atoms with Crippen LogP contribution in [0.25, 0.3) is 10.9 Å². The van der Waals surface area contributed by atoms with Gasteiger partial charge in [0.05, 0.1) is 17.4 Å². The summed E-state index contributed by atoms with van der Waals surface area (Å²) >= 11 is 0. The second-order valence-electron chi connectivity index (χ2n) is 4.69. The fourth-order valence-electron chi connectivity index (χ4n) is 1.74. The third-order valence-electron chi connectivity index (χ3n) is 2.87. The molecule has 0 radical (unpaired) electrons. The Morgan fingerprint density at radius 3 is 2.50 bits per heavy atom. The largest absolute Gasteiger partial charge is 0.376 e. The molecule has 0 saturated heterocycles. The molecule has 0 fully saturated rings. The number of pyridine rings is 1. The summed E-state index contributed by atoms with van der Waals surface area (Å²) in [5.74, 6) is 0.562. The number of benzene rings is 1. The van der Waals surface area contributed by atoms with Crippen molar-refractivity contribution in [1.82, 2.24) is 4.98 Å². The van der Waals surface area contributed by atoms with E-state index in [-0.39, 0.29) is 0 Å². The van der Waals surface area contributed by atoms with Crippen LogP contribution in [0.3, 0.4) is 0 Å². The van der Waals surface area contributed by atoms with Crippen LogP contribution in [0.1, 0.15) is 25.3 Å². The maximum absolute atomic E-state index is 4.46. The minimum Gasteiger partial charge on any atom is -0.376 e. The molecule has 2 heteroatoms. The van der Waals surface area contributed by atoms with E-state index in [1.165, 1.54) is 10.9 Å². The first-order chi connectivity index (χ1) is 7.58. The van der Waals surface area contributed by atoms with E-state index in [1.54, 1.807) is 0 Å². The molecule has 0 aliphatic rings. The van der Waals surface area contributed by atoms with E-state index in [0.717, 1.165) is 11.2 Å². The quantitative estimate of drug-likeness (QED) is 0.761. The number of fused-ring (bicyclic) bond motifs is 1. The van der Waals surface area contributed by atoms with Crippen LogP contribution in [0.4, 0.5) is 5.69 Å². The smallest absolute Gasteiger partial charge is 0.0703 e. The Balaban J connectivity index is 2.56. The van der Waals surface area contributed by atoms with Crippen molar-refractivity contribution >= 4 is 16.6 Å². The number of hydrogen-bond acceptors (Lipinski definition) is 2. The molecule has 0 amide bonds. The van der Waals surface area contributed by atoms with Crippen molar-refractivity contribution < 1.29 is 0 Å². The van der Waals surface area contributed by atoms with Gasteiger partial charge in [-0.1, -0.05) is 19.9 Å². The fraction of sp³-hybridized carbons (Fsp3) is 0.357. The molecule has 2 rings (SSSR count). The van der Waals surface area contributed by atoms with Crippen LogP contribution in [-0.4, -0.2) is 19.1 Å². The van der Waals surface area contributed by atoms with Crippen LogP contribution in [0.15, 0.2) is 30.5 Å². The molecule has 0 aliphatic carbocycles. The van der Waals surface area contributed by atoms with Crippen LogP contribution in [-0.2, 0) is 0 Å². The van der Waals surface area contributed by atoms with Crippen LogP contribution < -0.4 is 4.90 Å². The van der Waals surface area contributed by atoms with Crippen molar-refractivity contribution in [2.45, 2.75) is 19.8 Å². The van der Waals surface area contributed by atoms with E-state index in [0.29, 0.717) is 5.92 Å². The topological polar surface area (TPSA) is 16.1 Å². The first kappa shape index (κ1) is 10.9. The summed E-state index contributed by atoms with van der Waals surface area (Å²) in [6.07, 6.45) is 1.91. The zero-order valence-corrected chi connectivity index (χ0v) is 10.4.